The first-order chi connectivity index (χ1) is 17.8. The van der Waals surface area contributed by atoms with E-state index in [0.29, 0.717) is 39.9 Å². The highest BCUT2D eigenvalue weighted by atomic mass is 35.5. The monoisotopic (exact) mass is 546 g/mol. The number of thiophene rings is 1. The topological polar surface area (TPSA) is 91.0 Å². The predicted molar refractivity (Wildman–Crippen MR) is 147 cm³/mol. The summed E-state index contributed by atoms with van der Waals surface area (Å²) in [6.07, 6.45) is 3.57. The molecule has 1 aliphatic heterocycles. The number of hydrogen-bond acceptors (Lipinski definition) is 6. The molecule has 2 fully saturated rings. The van der Waals surface area contributed by atoms with Gasteiger partial charge in [-0.2, -0.15) is 0 Å². The molecule has 1 saturated heterocycles. The maximum atomic E-state index is 13.6. The number of amides is 3. The predicted octanol–water partition coefficient (Wildman–Crippen LogP) is 4.26. The minimum absolute atomic E-state index is 0.0776. The molecule has 10 heteroatoms. The molecule has 200 valence electrons. The maximum absolute atomic E-state index is 13.6. The second-order valence-corrected chi connectivity index (χ2v) is 11.8. The molecule has 0 radical (unpaired) electrons. The summed E-state index contributed by atoms with van der Waals surface area (Å²) in [7, 11) is 0. The lowest BCUT2D eigenvalue weighted by Crippen LogP contribution is -2.53. The van der Waals surface area contributed by atoms with E-state index in [0.717, 1.165) is 18.8 Å². The number of nitrogens with zero attached hydrogens (tertiary/aromatic N) is 2. The van der Waals surface area contributed by atoms with Crippen molar-refractivity contribution < 1.29 is 19.1 Å². The number of rotatable bonds is 11. The highest BCUT2D eigenvalue weighted by molar-refractivity contribution is 7.18. The Morgan fingerprint density at radius 3 is 2.54 bits per heavy atom. The van der Waals surface area contributed by atoms with Crippen LogP contribution in [0.2, 0.25) is 4.34 Å². The third kappa shape index (κ3) is 7.54. The van der Waals surface area contributed by atoms with Gasteiger partial charge in [0, 0.05) is 37.6 Å². The SMILES string of the molecule is CC(C)CN(CC1CCC1)[C@@H](CNC(=O)c1ccc(Cl)s1)C(=O)Nc1ccc(N2CCOCC2=O)cc1. The number of halogens is 1. The van der Waals surface area contributed by atoms with Crippen LogP contribution in [0.4, 0.5) is 11.4 Å². The summed E-state index contributed by atoms with van der Waals surface area (Å²) in [6, 6.07) is 10.1. The lowest BCUT2D eigenvalue weighted by Gasteiger charge is -2.37. The van der Waals surface area contributed by atoms with Crippen molar-refractivity contribution in [2.24, 2.45) is 11.8 Å². The molecule has 2 aromatic rings. The van der Waals surface area contributed by atoms with Gasteiger partial charge >= 0.3 is 0 Å². The maximum Gasteiger partial charge on any atom is 0.261 e. The van der Waals surface area contributed by atoms with Crippen LogP contribution < -0.4 is 15.5 Å². The van der Waals surface area contributed by atoms with Gasteiger partial charge in [-0.25, -0.2) is 0 Å². The summed E-state index contributed by atoms with van der Waals surface area (Å²) in [6.45, 7) is 7.15. The summed E-state index contributed by atoms with van der Waals surface area (Å²) in [5.74, 6) is 0.465. The highest BCUT2D eigenvalue weighted by Gasteiger charge is 2.31. The van der Waals surface area contributed by atoms with Gasteiger partial charge in [0.25, 0.3) is 11.8 Å². The second-order valence-electron chi connectivity index (χ2n) is 10.1. The number of hydrogen-bond donors (Lipinski definition) is 2. The number of nitrogens with one attached hydrogen (secondary N) is 2. The van der Waals surface area contributed by atoms with Gasteiger partial charge in [-0.05, 0) is 61.1 Å². The molecule has 2 heterocycles. The molecule has 2 N–H and O–H groups in total. The molecule has 3 amide bonds. The Balaban J connectivity index is 1.47. The first kappa shape index (κ1) is 27.6. The van der Waals surface area contributed by atoms with Crippen molar-refractivity contribution in [3.63, 3.8) is 0 Å². The standard InChI is InChI=1S/C27H35ClN4O4S/c1-18(2)15-31(16-19-4-3-5-19)22(14-29-27(35)23-10-11-24(28)37-23)26(34)30-20-6-8-21(9-7-20)32-12-13-36-17-25(32)33/h6-11,18-19,22H,3-5,12-17H2,1-2H3,(H,29,35)(H,30,34)/t22-/m0/s1. The second kappa shape index (κ2) is 12.9. The van der Waals surface area contributed by atoms with Gasteiger partial charge in [0.1, 0.15) is 12.6 Å². The average Bonchev–Trinajstić information content (AvgIpc) is 3.28. The van der Waals surface area contributed by atoms with E-state index in [2.05, 4.69) is 29.4 Å². The summed E-state index contributed by atoms with van der Waals surface area (Å²) in [4.78, 5) is 42.9. The molecule has 1 aromatic heterocycles. The van der Waals surface area contributed by atoms with Crippen LogP contribution in [0.3, 0.4) is 0 Å². The van der Waals surface area contributed by atoms with Crippen molar-refractivity contribution in [2.75, 3.05) is 49.6 Å². The zero-order valence-electron chi connectivity index (χ0n) is 21.4. The van der Waals surface area contributed by atoms with Crippen LogP contribution in [0.25, 0.3) is 0 Å². The lowest BCUT2D eigenvalue weighted by atomic mass is 9.84. The summed E-state index contributed by atoms with van der Waals surface area (Å²) in [5.41, 5.74) is 1.42. The van der Waals surface area contributed by atoms with Gasteiger partial charge in [0.15, 0.2) is 0 Å². The van der Waals surface area contributed by atoms with Crippen molar-refractivity contribution in [1.82, 2.24) is 10.2 Å². The Morgan fingerprint density at radius 2 is 1.95 bits per heavy atom. The van der Waals surface area contributed by atoms with E-state index in [1.807, 2.05) is 12.1 Å². The van der Waals surface area contributed by atoms with Crippen LogP contribution >= 0.6 is 22.9 Å². The molecular formula is C27H35ClN4O4S. The quantitative estimate of drug-likeness (QED) is 0.439. The Hall–Kier alpha value is -2.46. The van der Waals surface area contributed by atoms with E-state index in [-0.39, 0.29) is 30.9 Å². The van der Waals surface area contributed by atoms with Crippen LogP contribution in [0.5, 0.6) is 0 Å². The molecule has 1 aliphatic carbocycles. The fourth-order valence-electron chi connectivity index (χ4n) is 4.65. The Labute approximate surface area is 227 Å². The first-order valence-corrected chi connectivity index (χ1v) is 14.1. The minimum atomic E-state index is -0.525. The van der Waals surface area contributed by atoms with Crippen molar-refractivity contribution in [3.05, 3.63) is 45.6 Å². The van der Waals surface area contributed by atoms with Crippen LogP contribution in [0.15, 0.2) is 36.4 Å². The van der Waals surface area contributed by atoms with Crippen LogP contribution in [-0.2, 0) is 14.3 Å². The molecule has 0 bridgehead atoms. The fourth-order valence-corrected chi connectivity index (χ4v) is 5.61. The molecule has 1 saturated carbocycles. The molecule has 1 atom stereocenters. The van der Waals surface area contributed by atoms with Gasteiger partial charge in [-0.15, -0.1) is 11.3 Å². The largest absolute Gasteiger partial charge is 0.370 e. The first-order valence-electron chi connectivity index (χ1n) is 12.9. The zero-order chi connectivity index (χ0) is 26.4. The zero-order valence-corrected chi connectivity index (χ0v) is 22.9. The van der Waals surface area contributed by atoms with Crippen molar-refractivity contribution in [2.45, 2.75) is 39.2 Å². The van der Waals surface area contributed by atoms with E-state index in [1.165, 1.54) is 30.6 Å². The molecule has 0 unspecified atom stereocenters. The highest BCUT2D eigenvalue weighted by Crippen LogP contribution is 2.28. The van der Waals surface area contributed by atoms with Gasteiger partial charge in [0.2, 0.25) is 5.91 Å². The molecule has 37 heavy (non-hydrogen) atoms. The van der Waals surface area contributed by atoms with E-state index in [9.17, 15) is 14.4 Å². The van der Waals surface area contributed by atoms with E-state index in [4.69, 9.17) is 16.3 Å². The normalized spacial score (nSPS) is 17.1. The van der Waals surface area contributed by atoms with Gasteiger partial charge in [-0.3, -0.25) is 19.3 Å². The van der Waals surface area contributed by atoms with Crippen LogP contribution in [-0.4, -0.2) is 68.1 Å². The molecular weight excluding hydrogens is 512 g/mol. The van der Waals surface area contributed by atoms with Gasteiger partial charge in [0.05, 0.1) is 15.8 Å². The molecule has 8 nitrogen and oxygen atoms in total. The minimum Gasteiger partial charge on any atom is -0.370 e. The molecule has 2 aliphatic rings. The third-order valence-electron chi connectivity index (χ3n) is 6.75. The number of morpholine rings is 1. The lowest BCUT2D eigenvalue weighted by molar-refractivity contribution is -0.125. The number of anilines is 2. The summed E-state index contributed by atoms with van der Waals surface area (Å²) in [5, 5.41) is 5.99. The number of benzene rings is 1. The van der Waals surface area contributed by atoms with E-state index in [1.54, 1.807) is 29.2 Å². The van der Waals surface area contributed by atoms with Crippen molar-refractivity contribution >= 4 is 52.0 Å². The van der Waals surface area contributed by atoms with Crippen LogP contribution in [0.1, 0.15) is 42.8 Å². The third-order valence-corrected chi connectivity index (χ3v) is 7.98. The number of ether oxygens (including phenoxy) is 1. The molecule has 4 rings (SSSR count). The van der Waals surface area contributed by atoms with E-state index >= 15 is 0 Å². The molecule has 1 aromatic carbocycles. The average molecular weight is 547 g/mol. The Bertz CT molecular complexity index is 1090. The summed E-state index contributed by atoms with van der Waals surface area (Å²) >= 11 is 7.22. The molecule has 0 spiro atoms. The Kier molecular flexibility index (Phi) is 9.59. The summed E-state index contributed by atoms with van der Waals surface area (Å²) < 4.78 is 5.76. The smallest absolute Gasteiger partial charge is 0.261 e. The Morgan fingerprint density at radius 1 is 1.19 bits per heavy atom. The van der Waals surface area contributed by atoms with Gasteiger partial charge < -0.3 is 20.3 Å². The van der Waals surface area contributed by atoms with Crippen molar-refractivity contribution in [3.8, 4) is 0 Å². The van der Waals surface area contributed by atoms with Crippen molar-refractivity contribution in [1.29, 1.82) is 0 Å². The number of carbonyl (C=O) groups is 3. The van der Waals surface area contributed by atoms with Crippen LogP contribution in [0, 0.1) is 11.8 Å². The van der Waals surface area contributed by atoms with Gasteiger partial charge in [-0.1, -0.05) is 31.9 Å². The van der Waals surface area contributed by atoms with E-state index < -0.39 is 6.04 Å². The fraction of sp³-hybridized carbons (Fsp3) is 0.519. The number of carbonyl (C=O) groups excluding carboxylic acids is 3.